The van der Waals surface area contributed by atoms with E-state index in [4.69, 9.17) is 0 Å². The number of amides is 1. The first-order valence-electron chi connectivity index (χ1n) is 6.11. The SMILES string of the molecule is CC[C@H](Cc1ccc(O)cc1)C(=O)N(C)CC. The normalized spacial score (nSPS) is 12.2. The zero-order valence-corrected chi connectivity index (χ0v) is 10.8. The second kappa shape index (κ2) is 6.28. The summed E-state index contributed by atoms with van der Waals surface area (Å²) in [6.07, 6.45) is 1.57. The third kappa shape index (κ3) is 3.77. The molecule has 0 spiro atoms. The van der Waals surface area contributed by atoms with Gasteiger partial charge in [0.15, 0.2) is 0 Å². The van der Waals surface area contributed by atoms with Gasteiger partial charge in [-0.1, -0.05) is 19.1 Å². The number of phenolic OH excluding ortho intramolecular Hbond substituents is 1. The van der Waals surface area contributed by atoms with Gasteiger partial charge in [-0.3, -0.25) is 4.79 Å². The molecule has 1 N–H and O–H groups in total. The summed E-state index contributed by atoms with van der Waals surface area (Å²) < 4.78 is 0. The number of aromatic hydroxyl groups is 1. The van der Waals surface area contributed by atoms with Crippen LogP contribution in [-0.2, 0) is 11.2 Å². The minimum atomic E-state index is 0.0319. The molecule has 0 aliphatic rings. The van der Waals surface area contributed by atoms with Gasteiger partial charge in [-0.25, -0.2) is 0 Å². The molecule has 0 aliphatic carbocycles. The average molecular weight is 235 g/mol. The molecule has 0 radical (unpaired) electrons. The topological polar surface area (TPSA) is 40.5 Å². The van der Waals surface area contributed by atoms with Gasteiger partial charge in [-0.2, -0.15) is 0 Å². The number of carbonyl (C=O) groups excluding carboxylic acids is 1. The van der Waals surface area contributed by atoms with Gasteiger partial charge in [0.05, 0.1) is 0 Å². The monoisotopic (exact) mass is 235 g/mol. The summed E-state index contributed by atoms with van der Waals surface area (Å²) in [6.45, 7) is 4.75. The van der Waals surface area contributed by atoms with Crippen molar-refractivity contribution in [3.8, 4) is 5.75 Å². The summed E-state index contributed by atoms with van der Waals surface area (Å²) >= 11 is 0. The van der Waals surface area contributed by atoms with Crippen molar-refractivity contribution in [2.24, 2.45) is 5.92 Å². The molecule has 17 heavy (non-hydrogen) atoms. The van der Waals surface area contributed by atoms with Crippen LogP contribution in [0.25, 0.3) is 0 Å². The van der Waals surface area contributed by atoms with E-state index in [0.29, 0.717) is 0 Å². The second-order valence-corrected chi connectivity index (χ2v) is 4.33. The minimum absolute atomic E-state index is 0.0319. The van der Waals surface area contributed by atoms with E-state index in [1.165, 1.54) is 0 Å². The molecule has 1 aromatic rings. The smallest absolute Gasteiger partial charge is 0.225 e. The summed E-state index contributed by atoms with van der Waals surface area (Å²) in [4.78, 5) is 13.8. The molecule has 0 fully saturated rings. The van der Waals surface area contributed by atoms with Crippen LogP contribution in [0.15, 0.2) is 24.3 Å². The summed E-state index contributed by atoms with van der Waals surface area (Å²) in [5.41, 5.74) is 1.09. The van der Waals surface area contributed by atoms with Crippen LogP contribution < -0.4 is 0 Å². The molecule has 3 heteroatoms. The van der Waals surface area contributed by atoms with E-state index < -0.39 is 0 Å². The van der Waals surface area contributed by atoms with E-state index in [1.54, 1.807) is 17.0 Å². The van der Waals surface area contributed by atoms with Crippen molar-refractivity contribution in [2.75, 3.05) is 13.6 Å². The van der Waals surface area contributed by atoms with E-state index in [9.17, 15) is 9.90 Å². The highest BCUT2D eigenvalue weighted by molar-refractivity contribution is 5.78. The molecule has 1 atom stereocenters. The van der Waals surface area contributed by atoms with Gasteiger partial charge < -0.3 is 10.0 Å². The Kier molecular flexibility index (Phi) is 5.01. The minimum Gasteiger partial charge on any atom is -0.508 e. The Hall–Kier alpha value is -1.51. The van der Waals surface area contributed by atoms with Gasteiger partial charge in [0, 0.05) is 19.5 Å². The Morgan fingerprint density at radius 1 is 1.29 bits per heavy atom. The van der Waals surface area contributed by atoms with Crippen LogP contribution in [0.2, 0.25) is 0 Å². The highest BCUT2D eigenvalue weighted by atomic mass is 16.3. The third-order valence-corrected chi connectivity index (χ3v) is 3.11. The maximum absolute atomic E-state index is 12.1. The number of rotatable bonds is 5. The number of carbonyl (C=O) groups is 1. The van der Waals surface area contributed by atoms with Gasteiger partial charge in [0.25, 0.3) is 0 Å². The first kappa shape index (κ1) is 13.6. The number of hydrogen-bond acceptors (Lipinski definition) is 2. The van der Waals surface area contributed by atoms with Crippen molar-refractivity contribution in [2.45, 2.75) is 26.7 Å². The Morgan fingerprint density at radius 2 is 1.88 bits per heavy atom. The molecule has 0 saturated carbocycles. The van der Waals surface area contributed by atoms with Crippen LogP contribution >= 0.6 is 0 Å². The van der Waals surface area contributed by atoms with Crippen LogP contribution in [0.1, 0.15) is 25.8 Å². The van der Waals surface area contributed by atoms with Crippen LogP contribution in [0, 0.1) is 5.92 Å². The lowest BCUT2D eigenvalue weighted by Crippen LogP contribution is -2.33. The van der Waals surface area contributed by atoms with Crippen molar-refractivity contribution in [3.05, 3.63) is 29.8 Å². The van der Waals surface area contributed by atoms with Crippen molar-refractivity contribution in [1.29, 1.82) is 0 Å². The van der Waals surface area contributed by atoms with Gasteiger partial charge in [0.2, 0.25) is 5.91 Å². The lowest BCUT2D eigenvalue weighted by molar-refractivity contribution is -0.134. The van der Waals surface area contributed by atoms with Crippen molar-refractivity contribution >= 4 is 5.91 Å². The highest BCUT2D eigenvalue weighted by Gasteiger charge is 2.19. The van der Waals surface area contributed by atoms with E-state index in [1.807, 2.05) is 33.0 Å². The Morgan fingerprint density at radius 3 is 2.35 bits per heavy atom. The van der Waals surface area contributed by atoms with Crippen LogP contribution in [0.3, 0.4) is 0 Å². The fraction of sp³-hybridized carbons (Fsp3) is 0.500. The first-order valence-corrected chi connectivity index (χ1v) is 6.11. The first-order chi connectivity index (χ1) is 8.08. The van der Waals surface area contributed by atoms with E-state index in [0.717, 1.165) is 24.9 Å². The number of phenols is 1. The number of nitrogens with zero attached hydrogens (tertiary/aromatic N) is 1. The van der Waals surface area contributed by atoms with Gasteiger partial charge >= 0.3 is 0 Å². The van der Waals surface area contributed by atoms with Gasteiger partial charge in [-0.05, 0) is 37.5 Å². The van der Waals surface area contributed by atoms with Gasteiger partial charge in [0.1, 0.15) is 5.75 Å². The lowest BCUT2D eigenvalue weighted by atomic mass is 9.95. The molecule has 0 aromatic heterocycles. The average Bonchev–Trinajstić information content (AvgIpc) is 2.36. The summed E-state index contributed by atoms with van der Waals surface area (Å²) in [5.74, 6) is 0.492. The third-order valence-electron chi connectivity index (χ3n) is 3.11. The Bertz CT molecular complexity index is 359. The van der Waals surface area contributed by atoms with E-state index in [2.05, 4.69) is 0 Å². The zero-order valence-electron chi connectivity index (χ0n) is 10.8. The van der Waals surface area contributed by atoms with Crippen molar-refractivity contribution in [1.82, 2.24) is 4.90 Å². The quantitative estimate of drug-likeness (QED) is 0.851. The molecule has 1 rings (SSSR count). The van der Waals surface area contributed by atoms with Crippen molar-refractivity contribution < 1.29 is 9.90 Å². The largest absolute Gasteiger partial charge is 0.508 e. The maximum atomic E-state index is 12.1. The predicted molar refractivity (Wildman–Crippen MR) is 68.9 cm³/mol. The Balaban J connectivity index is 2.69. The molecule has 0 heterocycles. The molecule has 3 nitrogen and oxygen atoms in total. The molecule has 0 aliphatic heterocycles. The molecular formula is C14H21NO2. The standard InChI is InChI=1S/C14H21NO2/c1-4-12(14(17)15(3)5-2)10-11-6-8-13(16)9-7-11/h6-9,12,16H,4-5,10H2,1-3H3/t12-/m1/s1. The molecule has 1 aromatic carbocycles. The predicted octanol–water partition coefficient (Wildman–Crippen LogP) is 2.44. The molecule has 0 bridgehead atoms. The molecule has 1 amide bonds. The fourth-order valence-electron chi connectivity index (χ4n) is 1.79. The summed E-state index contributed by atoms with van der Waals surface area (Å²) in [7, 11) is 1.84. The van der Waals surface area contributed by atoms with Gasteiger partial charge in [-0.15, -0.1) is 0 Å². The Labute approximate surface area is 103 Å². The van der Waals surface area contributed by atoms with Crippen LogP contribution in [0.5, 0.6) is 5.75 Å². The lowest BCUT2D eigenvalue weighted by Gasteiger charge is -2.21. The second-order valence-electron chi connectivity index (χ2n) is 4.33. The highest BCUT2D eigenvalue weighted by Crippen LogP contribution is 2.17. The number of benzene rings is 1. The van der Waals surface area contributed by atoms with Crippen molar-refractivity contribution in [3.63, 3.8) is 0 Å². The molecule has 94 valence electrons. The molecular weight excluding hydrogens is 214 g/mol. The molecule has 0 saturated heterocycles. The van der Waals surface area contributed by atoms with Crippen LogP contribution in [-0.4, -0.2) is 29.5 Å². The summed E-state index contributed by atoms with van der Waals surface area (Å²) in [5, 5.41) is 9.21. The fourth-order valence-corrected chi connectivity index (χ4v) is 1.79. The zero-order chi connectivity index (χ0) is 12.8. The van der Waals surface area contributed by atoms with Crippen LogP contribution in [0.4, 0.5) is 0 Å². The van der Waals surface area contributed by atoms with E-state index in [-0.39, 0.29) is 17.6 Å². The van der Waals surface area contributed by atoms with E-state index >= 15 is 0 Å². The number of hydrogen-bond donors (Lipinski definition) is 1. The summed E-state index contributed by atoms with van der Waals surface area (Å²) in [6, 6.07) is 7.07. The maximum Gasteiger partial charge on any atom is 0.225 e. The molecule has 0 unspecified atom stereocenters.